The Morgan fingerprint density at radius 1 is 1.56 bits per heavy atom. The summed E-state index contributed by atoms with van der Waals surface area (Å²) in [7, 11) is -1.10. The van der Waals surface area contributed by atoms with E-state index in [0.717, 1.165) is 5.56 Å². The molecule has 0 fully saturated rings. The van der Waals surface area contributed by atoms with Crippen molar-refractivity contribution in [1.29, 1.82) is 0 Å². The highest BCUT2D eigenvalue weighted by atomic mass is 16.5. The number of amides is 1. The van der Waals surface area contributed by atoms with Crippen LogP contribution in [0.1, 0.15) is 11.1 Å². The van der Waals surface area contributed by atoms with Gasteiger partial charge < -0.3 is 25.2 Å². The number of phenols is 1. The molecule has 16 heavy (non-hydrogen) atoms. The van der Waals surface area contributed by atoms with Crippen LogP contribution in [-0.4, -0.2) is 28.4 Å². The maximum absolute atomic E-state index is 10.4. The topological polar surface area (TPSA) is 99.0 Å². The second-order valence-electron chi connectivity index (χ2n) is 3.46. The van der Waals surface area contributed by atoms with Gasteiger partial charge in [0.2, 0.25) is 0 Å². The molecule has 6 nitrogen and oxygen atoms in total. The Balaban J connectivity index is 2.35. The van der Waals surface area contributed by atoms with Gasteiger partial charge in [-0.25, -0.2) is 4.79 Å². The van der Waals surface area contributed by atoms with E-state index >= 15 is 0 Å². The predicted octanol–water partition coefficient (Wildman–Crippen LogP) is -0.623. The molecule has 1 aromatic carbocycles. The van der Waals surface area contributed by atoms with E-state index in [4.69, 9.17) is 9.76 Å². The molecule has 1 aliphatic heterocycles. The molecule has 2 rings (SSSR count). The quantitative estimate of drug-likeness (QED) is 0.500. The summed E-state index contributed by atoms with van der Waals surface area (Å²) < 4.78 is 4.99. The lowest BCUT2D eigenvalue weighted by atomic mass is 9.76. The number of hydrogen-bond donors (Lipinski definition) is 4. The monoisotopic (exact) mass is 223 g/mol. The van der Waals surface area contributed by atoms with E-state index in [9.17, 15) is 14.9 Å². The van der Waals surface area contributed by atoms with Crippen LogP contribution in [0.15, 0.2) is 12.1 Å². The fraction of sp³-hybridized carbons (Fsp3) is 0.222. The fourth-order valence-corrected chi connectivity index (χ4v) is 1.74. The Labute approximate surface area is 91.6 Å². The lowest BCUT2D eigenvalue weighted by Crippen LogP contribution is -2.34. The van der Waals surface area contributed by atoms with Gasteiger partial charge in [0.25, 0.3) is 0 Å². The molecule has 0 bridgehead atoms. The molecule has 1 amide bonds. The smallest absolute Gasteiger partial charge is 0.492 e. The van der Waals surface area contributed by atoms with Crippen LogP contribution in [-0.2, 0) is 17.8 Å². The van der Waals surface area contributed by atoms with Crippen molar-refractivity contribution in [2.75, 3.05) is 0 Å². The average molecular weight is 223 g/mol. The lowest BCUT2D eigenvalue weighted by Gasteiger charge is -2.10. The zero-order valence-electron chi connectivity index (χ0n) is 8.30. The first-order valence-corrected chi connectivity index (χ1v) is 4.69. The van der Waals surface area contributed by atoms with E-state index in [1.165, 1.54) is 6.07 Å². The molecule has 0 aromatic heterocycles. The molecule has 7 heteroatoms. The molecular weight excluding hydrogens is 213 g/mol. The molecule has 1 aliphatic rings. The van der Waals surface area contributed by atoms with Gasteiger partial charge in [-0.2, -0.15) is 0 Å². The van der Waals surface area contributed by atoms with Crippen LogP contribution in [0.25, 0.3) is 0 Å². The van der Waals surface area contributed by atoms with Crippen molar-refractivity contribution in [3.63, 3.8) is 0 Å². The summed E-state index contributed by atoms with van der Waals surface area (Å²) in [6.07, 6.45) is -1.19. The molecule has 0 atom stereocenters. The molecule has 0 spiro atoms. The van der Waals surface area contributed by atoms with Crippen LogP contribution in [0.2, 0.25) is 0 Å². The van der Waals surface area contributed by atoms with Crippen molar-refractivity contribution in [3.05, 3.63) is 23.3 Å². The summed E-state index contributed by atoms with van der Waals surface area (Å²) in [6, 6.07) is 3.10. The summed E-state index contributed by atoms with van der Waals surface area (Å²) in [6.45, 7) is 0.196. The normalized spacial score (nSPS) is 13.7. The molecule has 0 saturated heterocycles. The van der Waals surface area contributed by atoms with Gasteiger partial charge in [-0.1, -0.05) is 6.07 Å². The first kappa shape index (κ1) is 10.8. The molecule has 0 unspecified atom stereocenters. The molecular formula is C9H10BNO5. The minimum atomic E-state index is -1.19. The SMILES string of the molecule is O=C(O)NCc1c(O)ccc2c1B(O)OC2. The second-order valence-corrected chi connectivity index (χ2v) is 3.46. The van der Waals surface area contributed by atoms with E-state index in [-0.39, 0.29) is 18.9 Å². The van der Waals surface area contributed by atoms with Crippen molar-refractivity contribution in [2.24, 2.45) is 0 Å². The summed E-state index contributed by atoms with van der Waals surface area (Å²) >= 11 is 0. The number of carboxylic acid groups (broad SMARTS) is 1. The number of carbonyl (C=O) groups is 1. The standard InChI is InChI=1S/C9H10BNO5/c12-7-2-1-5-4-16-10(15)8(5)6(7)3-11-9(13)14/h1-2,11-12,15H,3-4H2,(H,13,14). The van der Waals surface area contributed by atoms with Crippen molar-refractivity contribution in [2.45, 2.75) is 13.2 Å². The minimum absolute atomic E-state index is 0.0583. The summed E-state index contributed by atoms with van der Waals surface area (Å²) in [5.41, 5.74) is 1.56. The number of phenolic OH excluding ortho intramolecular Hbond substituents is 1. The maximum atomic E-state index is 10.4. The summed E-state index contributed by atoms with van der Waals surface area (Å²) in [5.74, 6) is -0.0583. The van der Waals surface area contributed by atoms with Gasteiger partial charge in [0.1, 0.15) is 5.75 Å². The van der Waals surface area contributed by atoms with Gasteiger partial charge in [-0.15, -0.1) is 0 Å². The van der Waals surface area contributed by atoms with Crippen molar-refractivity contribution in [3.8, 4) is 5.75 Å². The third-order valence-corrected chi connectivity index (χ3v) is 2.48. The van der Waals surface area contributed by atoms with E-state index in [0.29, 0.717) is 11.0 Å². The van der Waals surface area contributed by atoms with Gasteiger partial charge >= 0.3 is 13.2 Å². The minimum Gasteiger partial charge on any atom is -0.508 e. The number of fused-ring (bicyclic) bond motifs is 1. The van der Waals surface area contributed by atoms with Crippen molar-refractivity contribution >= 4 is 18.7 Å². The van der Waals surface area contributed by atoms with Gasteiger partial charge in [-0.3, -0.25) is 0 Å². The van der Waals surface area contributed by atoms with Crippen LogP contribution in [0.4, 0.5) is 4.79 Å². The van der Waals surface area contributed by atoms with Gasteiger partial charge in [0, 0.05) is 12.1 Å². The Kier molecular flexibility index (Phi) is 2.72. The van der Waals surface area contributed by atoms with Crippen LogP contribution in [0, 0.1) is 0 Å². The largest absolute Gasteiger partial charge is 0.508 e. The molecule has 1 aromatic rings. The highest BCUT2D eigenvalue weighted by molar-refractivity contribution is 6.62. The van der Waals surface area contributed by atoms with Crippen LogP contribution in [0.3, 0.4) is 0 Å². The van der Waals surface area contributed by atoms with Gasteiger partial charge in [0.05, 0.1) is 6.61 Å². The predicted molar refractivity (Wildman–Crippen MR) is 55.4 cm³/mol. The van der Waals surface area contributed by atoms with E-state index < -0.39 is 13.2 Å². The van der Waals surface area contributed by atoms with E-state index in [2.05, 4.69) is 5.32 Å². The fourth-order valence-electron chi connectivity index (χ4n) is 1.74. The first-order chi connectivity index (χ1) is 7.59. The molecule has 0 saturated carbocycles. The number of hydrogen-bond acceptors (Lipinski definition) is 4. The first-order valence-electron chi connectivity index (χ1n) is 4.69. The van der Waals surface area contributed by atoms with Crippen molar-refractivity contribution < 1.29 is 24.7 Å². The Morgan fingerprint density at radius 2 is 2.31 bits per heavy atom. The molecule has 0 aliphatic carbocycles. The number of benzene rings is 1. The number of nitrogens with one attached hydrogen (secondary N) is 1. The number of rotatable bonds is 2. The lowest BCUT2D eigenvalue weighted by molar-refractivity contribution is 0.194. The third kappa shape index (κ3) is 1.82. The highest BCUT2D eigenvalue weighted by Crippen LogP contribution is 2.21. The molecule has 4 N–H and O–H groups in total. The van der Waals surface area contributed by atoms with Crippen LogP contribution in [0.5, 0.6) is 5.75 Å². The molecule has 1 heterocycles. The highest BCUT2D eigenvalue weighted by Gasteiger charge is 2.31. The van der Waals surface area contributed by atoms with Crippen LogP contribution < -0.4 is 10.8 Å². The average Bonchev–Trinajstić information content (AvgIpc) is 2.59. The molecule has 84 valence electrons. The van der Waals surface area contributed by atoms with E-state index in [1.54, 1.807) is 6.07 Å². The van der Waals surface area contributed by atoms with Gasteiger partial charge in [-0.05, 0) is 17.1 Å². The van der Waals surface area contributed by atoms with Gasteiger partial charge in [0.15, 0.2) is 0 Å². The maximum Gasteiger partial charge on any atom is 0.492 e. The van der Waals surface area contributed by atoms with Crippen LogP contribution >= 0.6 is 0 Å². The Bertz CT molecular complexity index is 436. The number of aromatic hydroxyl groups is 1. The van der Waals surface area contributed by atoms with Crippen molar-refractivity contribution in [1.82, 2.24) is 5.32 Å². The summed E-state index contributed by atoms with van der Waals surface area (Å²) in [5, 5.41) is 29.8. The second kappa shape index (κ2) is 4.03. The zero-order chi connectivity index (χ0) is 11.7. The third-order valence-electron chi connectivity index (χ3n) is 2.48. The Morgan fingerprint density at radius 3 is 3.00 bits per heavy atom. The summed E-state index contributed by atoms with van der Waals surface area (Å²) in [4.78, 5) is 10.4. The molecule has 0 radical (unpaired) electrons. The van der Waals surface area contributed by atoms with E-state index in [1.807, 2.05) is 0 Å². The Hall–Kier alpha value is -1.73. The zero-order valence-corrected chi connectivity index (χ0v) is 8.30.